The zero-order valence-electron chi connectivity index (χ0n) is 21.8. The predicted molar refractivity (Wildman–Crippen MR) is 137 cm³/mol. The van der Waals surface area contributed by atoms with Crippen LogP contribution in [-0.4, -0.2) is 87.9 Å². The molecule has 0 bridgehead atoms. The molecule has 4 N–H and O–H groups in total. The largest absolute Gasteiger partial charge is 0.347 e. The van der Waals surface area contributed by atoms with Gasteiger partial charge in [0.15, 0.2) is 0 Å². The second-order valence-electron chi connectivity index (χ2n) is 10.3. The van der Waals surface area contributed by atoms with Crippen LogP contribution in [0, 0.1) is 5.92 Å². The summed E-state index contributed by atoms with van der Waals surface area (Å²) in [6.07, 6.45) is 11.4. The summed E-state index contributed by atoms with van der Waals surface area (Å²) in [7, 11) is 0. The first-order valence-electron chi connectivity index (χ1n) is 13.6. The SMILES string of the molecule is O=C(CNC(=O)C1CCCN1C(=O)CNC(=O)C(NC(=O)c1cnccn1)C1CCCCC1)C(=O)NC1CC1. The third-order valence-electron chi connectivity index (χ3n) is 7.36. The van der Waals surface area contributed by atoms with Gasteiger partial charge in [0.1, 0.15) is 17.8 Å². The number of amides is 5. The number of nitrogens with zero attached hydrogens (tertiary/aromatic N) is 3. The van der Waals surface area contributed by atoms with E-state index >= 15 is 0 Å². The minimum absolute atomic E-state index is 0.0355. The van der Waals surface area contributed by atoms with Gasteiger partial charge < -0.3 is 26.2 Å². The molecule has 13 heteroatoms. The van der Waals surface area contributed by atoms with Gasteiger partial charge in [0.05, 0.1) is 19.3 Å². The topological polar surface area (TPSA) is 180 Å². The Morgan fingerprint density at radius 1 is 0.897 bits per heavy atom. The fourth-order valence-corrected chi connectivity index (χ4v) is 5.07. The number of hydrogen-bond donors (Lipinski definition) is 4. The summed E-state index contributed by atoms with van der Waals surface area (Å²) < 4.78 is 0. The average molecular weight is 542 g/mol. The van der Waals surface area contributed by atoms with Crippen molar-refractivity contribution in [3.63, 3.8) is 0 Å². The van der Waals surface area contributed by atoms with Gasteiger partial charge in [0, 0.05) is 25.0 Å². The van der Waals surface area contributed by atoms with Crippen LogP contribution in [-0.2, 0) is 24.0 Å². The summed E-state index contributed by atoms with van der Waals surface area (Å²) in [5.74, 6) is -3.49. The van der Waals surface area contributed by atoms with Gasteiger partial charge in [-0.25, -0.2) is 4.98 Å². The Kier molecular flexibility index (Phi) is 9.55. The molecule has 1 aliphatic heterocycles. The molecule has 3 fully saturated rings. The highest BCUT2D eigenvalue weighted by molar-refractivity contribution is 6.37. The van der Waals surface area contributed by atoms with Crippen molar-refractivity contribution < 1.29 is 28.8 Å². The van der Waals surface area contributed by atoms with Crippen LogP contribution in [0.2, 0.25) is 0 Å². The molecule has 2 aliphatic carbocycles. The van der Waals surface area contributed by atoms with E-state index in [2.05, 4.69) is 31.2 Å². The molecular formula is C26H35N7O6. The molecule has 5 amide bonds. The number of ketones is 1. The Labute approximate surface area is 226 Å². The molecule has 4 rings (SSSR count). The normalized spacial score (nSPS) is 20.0. The first-order valence-corrected chi connectivity index (χ1v) is 13.6. The monoisotopic (exact) mass is 541 g/mol. The maximum Gasteiger partial charge on any atom is 0.289 e. The molecular weight excluding hydrogens is 506 g/mol. The van der Waals surface area contributed by atoms with Gasteiger partial charge in [-0.05, 0) is 44.4 Å². The Bertz CT molecular complexity index is 1090. The highest BCUT2D eigenvalue weighted by Crippen LogP contribution is 2.27. The van der Waals surface area contributed by atoms with Crippen LogP contribution in [0.15, 0.2) is 18.6 Å². The van der Waals surface area contributed by atoms with E-state index in [0.29, 0.717) is 19.4 Å². The molecule has 0 radical (unpaired) electrons. The number of nitrogens with one attached hydrogen (secondary N) is 4. The summed E-state index contributed by atoms with van der Waals surface area (Å²) in [5.41, 5.74) is 0.0941. The molecule has 13 nitrogen and oxygen atoms in total. The lowest BCUT2D eigenvalue weighted by molar-refractivity contribution is -0.140. The summed E-state index contributed by atoms with van der Waals surface area (Å²) in [6, 6.07) is -1.59. The minimum atomic E-state index is -0.835. The first-order chi connectivity index (χ1) is 18.8. The van der Waals surface area contributed by atoms with Crippen LogP contribution in [0.25, 0.3) is 0 Å². The Morgan fingerprint density at radius 2 is 1.67 bits per heavy atom. The van der Waals surface area contributed by atoms with Gasteiger partial charge in [-0.3, -0.25) is 33.8 Å². The Hall–Kier alpha value is -3.90. The second kappa shape index (κ2) is 13.3. The van der Waals surface area contributed by atoms with Gasteiger partial charge in [0.25, 0.3) is 11.8 Å². The van der Waals surface area contributed by atoms with Gasteiger partial charge in [-0.1, -0.05) is 19.3 Å². The molecule has 0 spiro atoms. The van der Waals surface area contributed by atoms with Gasteiger partial charge in [-0.15, -0.1) is 0 Å². The number of carbonyl (C=O) groups excluding carboxylic acids is 6. The van der Waals surface area contributed by atoms with Gasteiger partial charge >= 0.3 is 0 Å². The molecule has 210 valence electrons. The lowest BCUT2D eigenvalue weighted by atomic mass is 9.83. The third kappa shape index (κ3) is 7.80. The number of hydrogen-bond acceptors (Lipinski definition) is 8. The lowest BCUT2D eigenvalue weighted by Gasteiger charge is -2.30. The molecule has 39 heavy (non-hydrogen) atoms. The molecule has 1 aromatic rings. The molecule has 3 aliphatic rings. The van der Waals surface area contributed by atoms with E-state index in [1.54, 1.807) is 0 Å². The third-order valence-corrected chi connectivity index (χ3v) is 7.36. The standard InChI is InChI=1S/C26H35N7O6/c34-20(25(38)31-17-8-9-17)14-29-24(37)19-7-4-12-33(19)21(35)15-30-26(39)22(16-5-2-1-3-6-16)32-23(36)18-13-27-10-11-28-18/h10-11,13,16-17,19,22H,1-9,12,14-15H2,(H,29,37)(H,30,39)(H,31,38)(H,32,36). The van der Waals surface area contributed by atoms with Crippen molar-refractivity contribution in [2.24, 2.45) is 5.92 Å². The zero-order valence-corrected chi connectivity index (χ0v) is 21.8. The summed E-state index contributed by atoms with van der Waals surface area (Å²) in [6.45, 7) is -0.449. The lowest BCUT2D eigenvalue weighted by Crippen LogP contribution is -2.54. The summed E-state index contributed by atoms with van der Waals surface area (Å²) >= 11 is 0. The minimum Gasteiger partial charge on any atom is -0.347 e. The number of likely N-dealkylation sites (tertiary alicyclic amines) is 1. The van der Waals surface area contributed by atoms with Crippen molar-refractivity contribution in [3.8, 4) is 0 Å². The Balaban J connectivity index is 1.30. The first kappa shape index (κ1) is 28.1. The number of rotatable bonds is 11. The summed E-state index contributed by atoms with van der Waals surface area (Å²) in [5, 5.41) is 10.4. The average Bonchev–Trinajstić information content (AvgIpc) is 3.64. The second-order valence-corrected chi connectivity index (χ2v) is 10.3. The maximum atomic E-state index is 13.2. The number of Topliss-reactive ketones (excluding diaryl/α,β-unsaturated/α-hetero) is 1. The molecule has 1 aromatic heterocycles. The van der Waals surface area contributed by atoms with Gasteiger partial charge in [0.2, 0.25) is 23.5 Å². The van der Waals surface area contributed by atoms with Crippen molar-refractivity contribution in [2.75, 3.05) is 19.6 Å². The fraction of sp³-hybridized carbons (Fsp3) is 0.615. The van der Waals surface area contributed by atoms with E-state index < -0.39 is 53.9 Å². The number of aromatic nitrogens is 2. The number of carbonyl (C=O) groups is 6. The zero-order chi connectivity index (χ0) is 27.8. The molecule has 2 atom stereocenters. The molecule has 1 saturated heterocycles. The van der Waals surface area contributed by atoms with E-state index in [1.807, 2.05) is 0 Å². The van der Waals surface area contributed by atoms with Crippen LogP contribution in [0.5, 0.6) is 0 Å². The van der Waals surface area contributed by atoms with E-state index in [0.717, 1.165) is 44.9 Å². The molecule has 2 unspecified atom stereocenters. The van der Waals surface area contributed by atoms with E-state index in [9.17, 15) is 28.8 Å². The van der Waals surface area contributed by atoms with E-state index in [4.69, 9.17) is 0 Å². The van der Waals surface area contributed by atoms with Crippen molar-refractivity contribution >= 4 is 35.3 Å². The van der Waals surface area contributed by atoms with E-state index in [-0.39, 0.29) is 24.2 Å². The molecule has 0 aromatic carbocycles. The van der Waals surface area contributed by atoms with Crippen molar-refractivity contribution in [3.05, 3.63) is 24.3 Å². The van der Waals surface area contributed by atoms with Gasteiger partial charge in [-0.2, -0.15) is 0 Å². The van der Waals surface area contributed by atoms with Crippen LogP contribution in [0.3, 0.4) is 0 Å². The highest BCUT2D eigenvalue weighted by atomic mass is 16.2. The van der Waals surface area contributed by atoms with E-state index in [1.165, 1.54) is 23.5 Å². The van der Waals surface area contributed by atoms with Crippen LogP contribution in [0.1, 0.15) is 68.3 Å². The Morgan fingerprint density at radius 3 is 2.36 bits per heavy atom. The molecule has 2 heterocycles. The quantitative estimate of drug-likeness (QED) is 0.264. The maximum absolute atomic E-state index is 13.2. The smallest absolute Gasteiger partial charge is 0.289 e. The van der Waals surface area contributed by atoms with Crippen LogP contribution in [0.4, 0.5) is 0 Å². The predicted octanol–water partition coefficient (Wildman–Crippen LogP) is -0.774. The van der Waals surface area contributed by atoms with Crippen LogP contribution >= 0.6 is 0 Å². The van der Waals surface area contributed by atoms with Crippen molar-refractivity contribution in [1.82, 2.24) is 36.1 Å². The van der Waals surface area contributed by atoms with Crippen molar-refractivity contribution in [2.45, 2.75) is 75.9 Å². The highest BCUT2D eigenvalue weighted by Gasteiger charge is 2.36. The fourth-order valence-electron chi connectivity index (χ4n) is 5.07. The summed E-state index contributed by atoms with van der Waals surface area (Å²) in [4.78, 5) is 84.6. The van der Waals surface area contributed by atoms with Crippen LogP contribution < -0.4 is 21.3 Å². The molecule has 2 saturated carbocycles. The van der Waals surface area contributed by atoms with Crippen molar-refractivity contribution in [1.29, 1.82) is 0 Å².